The van der Waals surface area contributed by atoms with Gasteiger partial charge in [-0.3, -0.25) is 15.0 Å². The molecule has 0 aliphatic carbocycles. The molecular weight excluding hydrogens is 555 g/mol. The molecule has 0 aromatic heterocycles. The molecule has 34 heavy (non-hydrogen) atoms. The van der Waals surface area contributed by atoms with Gasteiger partial charge in [-0.1, -0.05) is 53.5 Å². The number of amides is 1. The maximum atomic E-state index is 12.4. The molecule has 3 aromatic carbocycles. The van der Waals surface area contributed by atoms with E-state index in [1.54, 1.807) is 18.2 Å². The van der Waals surface area contributed by atoms with E-state index in [0.717, 1.165) is 49.0 Å². The molecule has 0 saturated carbocycles. The third-order valence-electron chi connectivity index (χ3n) is 5.62. The molecule has 1 aliphatic heterocycles. The maximum absolute atomic E-state index is 12.4. The van der Waals surface area contributed by atoms with Gasteiger partial charge in [0, 0.05) is 47.9 Å². The molecular formula is C25H23BrCl2N4OS. The lowest BCUT2D eigenvalue weighted by Crippen LogP contribution is -2.46. The van der Waals surface area contributed by atoms with Crippen molar-refractivity contribution in [3.63, 3.8) is 0 Å². The van der Waals surface area contributed by atoms with E-state index in [2.05, 4.69) is 42.4 Å². The molecule has 1 amide bonds. The topological polar surface area (TPSA) is 47.6 Å². The van der Waals surface area contributed by atoms with Crippen LogP contribution in [0.25, 0.3) is 0 Å². The van der Waals surface area contributed by atoms with Crippen LogP contribution in [0.3, 0.4) is 0 Å². The van der Waals surface area contributed by atoms with Crippen molar-refractivity contribution < 1.29 is 4.79 Å². The van der Waals surface area contributed by atoms with E-state index in [-0.39, 0.29) is 11.0 Å². The Kier molecular flexibility index (Phi) is 8.45. The molecule has 1 fully saturated rings. The van der Waals surface area contributed by atoms with E-state index < -0.39 is 0 Å². The number of benzene rings is 3. The summed E-state index contributed by atoms with van der Waals surface area (Å²) in [6.07, 6.45) is 0. The van der Waals surface area contributed by atoms with Crippen molar-refractivity contribution in [2.24, 2.45) is 0 Å². The third kappa shape index (κ3) is 6.29. The number of halogens is 3. The number of hydrogen-bond donors (Lipinski definition) is 2. The summed E-state index contributed by atoms with van der Waals surface area (Å²) in [5.41, 5.74) is 3.35. The second-order valence-corrected chi connectivity index (χ2v) is 9.99. The number of hydrogen-bond acceptors (Lipinski definition) is 4. The predicted octanol–water partition coefficient (Wildman–Crippen LogP) is 6.20. The molecule has 0 unspecified atom stereocenters. The van der Waals surface area contributed by atoms with Crippen LogP contribution in [0.2, 0.25) is 10.0 Å². The highest BCUT2D eigenvalue weighted by Gasteiger charge is 2.20. The predicted molar refractivity (Wildman–Crippen MR) is 148 cm³/mol. The summed E-state index contributed by atoms with van der Waals surface area (Å²) in [6, 6.07) is 20.9. The van der Waals surface area contributed by atoms with Crippen LogP contribution in [0.15, 0.2) is 71.2 Å². The molecule has 5 nitrogen and oxygen atoms in total. The molecule has 1 heterocycles. The number of piperazine rings is 1. The van der Waals surface area contributed by atoms with Crippen LogP contribution in [0.1, 0.15) is 15.9 Å². The zero-order chi connectivity index (χ0) is 24.1. The lowest BCUT2D eigenvalue weighted by Gasteiger charge is -2.36. The van der Waals surface area contributed by atoms with Gasteiger partial charge >= 0.3 is 0 Å². The minimum atomic E-state index is -0.289. The zero-order valence-corrected chi connectivity index (χ0v) is 22.1. The number of rotatable bonds is 5. The Morgan fingerprint density at radius 3 is 2.35 bits per heavy atom. The average Bonchev–Trinajstić information content (AvgIpc) is 2.81. The fourth-order valence-corrected chi connectivity index (χ4v) is 5.00. The van der Waals surface area contributed by atoms with Crippen molar-refractivity contribution in [2.45, 2.75) is 6.54 Å². The third-order valence-corrected chi connectivity index (χ3v) is 7.18. The van der Waals surface area contributed by atoms with Crippen molar-refractivity contribution >= 4 is 73.7 Å². The van der Waals surface area contributed by atoms with Gasteiger partial charge in [-0.2, -0.15) is 0 Å². The first-order valence-electron chi connectivity index (χ1n) is 10.8. The smallest absolute Gasteiger partial charge is 0.258 e. The van der Waals surface area contributed by atoms with Crippen LogP contribution in [0, 0.1) is 0 Å². The number of thiocarbonyl (C=S) groups is 1. The highest BCUT2D eigenvalue weighted by Crippen LogP contribution is 2.30. The highest BCUT2D eigenvalue weighted by atomic mass is 79.9. The van der Waals surface area contributed by atoms with Crippen LogP contribution in [-0.4, -0.2) is 42.1 Å². The van der Waals surface area contributed by atoms with Crippen molar-refractivity contribution in [1.29, 1.82) is 0 Å². The lowest BCUT2D eigenvalue weighted by molar-refractivity contribution is 0.0977. The first-order chi connectivity index (χ1) is 16.4. The standard InChI is InChI=1S/C25H23BrCl2N4OS/c26-20-7-3-2-6-19(20)24(33)30-25(34)29-18-9-10-23(22(28)15-18)32-13-11-31(12-14-32)16-17-5-1-4-8-21(17)27/h1-10,15H,11-14,16H2,(H2,29,30,33,34). The van der Waals surface area contributed by atoms with Gasteiger partial charge in [0.2, 0.25) is 0 Å². The van der Waals surface area contributed by atoms with Gasteiger partial charge in [0.15, 0.2) is 5.11 Å². The second-order valence-electron chi connectivity index (χ2n) is 7.91. The zero-order valence-electron chi connectivity index (χ0n) is 18.2. The van der Waals surface area contributed by atoms with Crippen molar-refractivity contribution in [3.8, 4) is 0 Å². The molecule has 2 N–H and O–H groups in total. The van der Waals surface area contributed by atoms with E-state index >= 15 is 0 Å². The van der Waals surface area contributed by atoms with Crippen LogP contribution in [0.5, 0.6) is 0 Å². The Hall–Kier alpha value is -2.16. The molecule has 3 aromatic rings. The van der Waals surface area contributed by atoms with Crippen molar-refractivity contribution in [1.82, 2.24) is 10.2 Å². The maximum Gasteiger partial charge on any atom is 0.258 e. The second kappa shape index (κ2) is 11.5. The van der Waals surface area contributed by atoms with Crippen LogP contribution >= 0.6 is 51.3 Å². The highest BCUT2D eigenvalue weighted by molar-refractivity contribution is 9.10. The molecule has 4 rings (SSSR count). The van der Waals surface area contributed by atoms with Crippen LogP contribution in [-0.2, 0) is 6.54 Å². The Morgan fingerprint density at radius 2 is 1.65 bits per heavy atom. The Morgan fingerprint density at radius 1 is 0.941 bits per heavy atom. The number of nitrogens with one attached hydrogen (secondary N) is 2. The largest absolute Gasteiger partial charge is 0.368 e. The van der Waals surface area contributed by atoms with Crippen molar-refractivity contribution in [2.75, 3.05) is 36.4 Å². The van der Waals surface area contributed by atoms with Gasteiger partial charge < -0.3 is 10.2 Å². The summed E-state index contributed by atoms with van der Waals surface area (Å²) in [5, 5.41) is 7.37. The van der Waals surface area contributed by atoms with E-state index in [4.69, 9.17) is 35.4 Å². The monoisotopic (exact) mass is 576 g/mol. The molecule has 1 saturated heterocycles. The van der Waals surface area contributed by atoms with Gasteiger partial charge in [0.25, 0.3) is 5.91 Å². The van der Waals surface area contributed by atoms with Gasteiger partial charge in [0.1, 0.15) is 0 Å². The summed E-state index contributed by atoms with van der Waals surface area (Å²) in [7, 11) is 0. The van der Waals surface area contributed by atoms with Gasteiger partial charge in [-0.05, 0) is 70.1 Å². The van der Waals surface area contributed by atoms with E-state index in [9.17, 15) is 4.79 Å². The number of anilines is 2. The Balaban J connectivity index is 1.32. The molecule has 0 atom stereocenters. The Bertz CT molecular complexity index is 1200. The molecule has 0 bridgehead atoms. The normalized spacial score (nSPS) is 14.0. The quantitative estimate of drug-likeness (QED) is 0.353. The molecule has 1 aliphatic rings. The first-order valence-corrected chi connectivity index (χ1v) is 12.7. The average molecular weight is 578 g/mol. The summed E-state index contributed by atoms with van der Waals surface area (Å²) in [4.78, 5) is 17.1. The summed E-state index contributed by atoms with van der Waals surface area (Å²) < 4.78 is 0.703. The number of carbonyl (C=O) groups excluding carboxylic acids is 1. The van der Waals surface area contributed by atoms with E-state index in [1.165, 1.54) is 0 Å². The SMILES string of the molecule is O=C(NC(=S)Nc1ccc(N2CCN(Cc3ccccc3Cl)CC2)c(Cl)c1)c1ccccc1Br. The summed E-state index contributed by atoms with van der Waals surface area (Å²) in [6.45, 7) is 4.43. The minimum absolute atomic E-state index is 0.206. The first kappa shape index (κ1) is 24.9. The van der Waals surface area contributed by atoms with Crippen molar-refractivity contribution in [3.05, 3.63) is 92.4 Å². The molecule has 176 valence electrons. The number of carbonyl (C=O) groups is 1. The van der Waals surface area contributed by atoms with Crippen LogP contribution in [0.4, 0.5) is 11.4 Å². The minimum Gasteiger partial charge on any atom is -0.368 e. The fourth-order valence-electron chi connectivity index (χ4n) is 3.83. The van der Waals surface area contributed by atoms with Gasteiger partial charge in [-0.25, -0.2) is 0 Å². The Labute approximate surface area is 223 Å². The summed E-state index contributed by atoms with van der Waals surface area (Å²) >= 11 is 21.6. The lowest BCUT2D eigenvalue weighted by atomic mass is 10.2. The van der Waals surface area contributed by atoms with E-state index in [0.29, 0.717) is 20.7 Å². The molecule has 0 spiro atoms. The summed E-state index contributed by atoms with van der Waals surface area (Å²) in [5.74, 6) is -0.289. The molecule has 9 heteroatoms. The van der Waals surface area contributed by atoms with E-state index in [1.807, 2.05) is 42.5 Å². The van der Waals surface area contributed by atoms with Gasteiger partial charge in [0.05, 0.1) is 16.3 Å². The van der Waals surface area contributed by atoms with Crippen LogP contribution < -0.4 is 15.5 Å². The number of nitrogens with zero attached hydrogens (tertiary/aromatic N) is 2. The molecule has 0 radical (unpaired) electrons. The van der Waals surface area contributed by atoms with Gasteiger partial charge in [-0.15, -0.1) is 0 Å². The fraction of sp³-hybridized carbons (Fsp3) is 0.200.